The molecule has 0 radical (unpaired) electrons. The molecule has 160 valence electrons. The predicted octanol–water partition coefficient (Wildman–Crippen LogP) is 3.78. The molecule has 7 nitrogen and oxygen atoms in total. The molecule has 5 rings (SSSR count). The number of benzene rings is 2. The minimum absolute atomic E-state index is 0.0486. The van der Waals surface area contributed by atoms with Crippen LogP contribution < -0.4 is 20.3 Å². The number of aromatic nitrogens is 2. The van der Waals surface area contributed by atoms with E-state index in [1.165, 1.54) is 0 Å². The van der Waals surface area contributed by atoms with Gasteiger partial charge in [0.2, 0.25) is 0 Å². The van der Waals surface area contributed by atoms with E-state index >= 15 is 0 Å². The van der Waals surface area contributed by atoms with E-state index in [1.54, 1.807) is 41.1 Å². The van der Waals surface area contributed by atoms with Crippen LogP contribution in [0.25, 0.3) is 11.0 Å². The minimum atomic E-state index is -0.491. The Balaban J connectivity index is 1.52. The second kappa shape index (κ2) is 8.19. The lowest BCUT2D eigenvalue weighted by atomic mass is 10.1. The molecule has 0 spiro atoms. The quantitative estimate of drug-likeness (QED) is 0.536. The Bertz CT molecular complexity index is 1380. The van der Waals surface area contributed by atoms with Gasteiger partial charge in [-0.1, -0.05) is 29.8 Å². The lowest BCUT2D eigenvalue weighted by Gasteiger charge is -2.19. The van der Waals surface area contributed by atoms with Crippen molar-refractivity contribution >= 4 is 22.6 Å². The number of amides is 1. The summed E-state index contributed by atoms with van der Waals surface area (Å²) in [5.74, 6) is 0.704. The molecule has 1 aliphatic heterocycles. The van der Waals surface area contributed by atoms with Gasteiger partial charge in [-0.05, 0) is 42.8 Å². The molecule has 0 saturated heterocycles. The predicted molar refractivity (Wildman–Crippen MR) is 122 cm³/mol. The molecule has 3 heterocycles. The average Bonchev–Trinajstić information content (AvgIpc) is 2.82. The maximum Gasteiger partial charge on any atom is 0.265 e. The maximum atomic E-state index is 13.3. The van der Waals surface area contributed by atoms with Gasteiger partial charge in [-0.2, -0.15) is 0 Å². The zero-order chi connectivity index (χ0) is 22.1. The highest BCUT2D eigenvalue weighted by molar-refractivity contribution is 6.05. The van der Waals surface area contributed by atoms with Crippen molar-refractivity contribution in [2.45, 2.75) is 13.5 Å². The highest BCUT2D eigenvalue weighted by atomic mass is 16.6. The van der Waals surface area contributed by atoms with Crippen molar-refractivity contribution in [3.8, 4) is 11.5 Å². The lowest BCUT2D eigenvalue weighted by molar-refractivity contribution is 0.102. The Morgan fingerprint density at radius 2 is 1.81 bits per heavy atom. The van der Waals surface area contributed by atoms with Gasteiger partial charge in [0.05, 0.1) is 6.54 Å². The number of ether oxygens (including phenoxy) is 2. The molecule has 2 aromatic heterocycles. The number of nitrogens with one attached hydrogen (secondary N) is 1. The van der Waals surface area contributed by atoms with E-state index in [9.17, 15) is 9.59 Å². The van der Waals surface area contributed by atoms with Crippen LogP contribution in [0.3, 0.4) is 0 Å². The largest absolute Gasteiger partial charge is 0.486 e. The molecule has 1 N–H and O–H groups in total. The number of carbonyl (C=O) groups excluding carboxylic acids is 1. The number of aryl methyl sites for hydroxylation is 1. The van der Waals surface area contributed by atoms with Crippen LogP contribution in [0.4, 0.5) is 5.69 Å². The van der Waals surface area contributed by atoms with Gasteiger partial charge in [0, 0.05) is 23.3 Å². The highest BCUT2D eigenvalue weighted by Gasteiger charge is 2.18. The van der Waals surface area contributed by atoms with Crippen LogP contribution in [0.1, 0.15) is 21.5 Å². The third kappa shape index (κ3) is 3.80. The number of fused-ring (bicyclic) bond motifs is 2. The normalized spacial score (nSPS) is 12.5. The zero-order valence-electron chi connectivity index (χ0n) is 17.5. The van der Waals surface area contributed by atoms with Gasteiger partial charge in [-0.3, -0.25) is 14.2 Å². The summed E-state index contributed by atoms with van der Waals surface area (Å²) in [4.78, 5) is 30.8. The Morgan fingerprint density at radius 1 is 1.03 bits per heavy atom. The first kappa shape index (κ1) is 19.8. The van der Waals surface area contributed by atoms with E-state index in [0.717, 1.165) is 11.1 Å². The summed E-state index contributed by atoms with van der Waals surface area (Å²) in [5, 5.41) is 3.52. The fourth-order valence-corrected chi connectivity index (χ4v) is 3.71. The highest BCUT2D eigenvalue weighted by Crippen LogP contribution is 2.32. The van der Waals surface area contributed by atoms with Gasteiger partial charge in [0.25, 0.3) is 11.5 Å². The van der Waals surface area contributed by atoms with Crippen molar-refractivity contribution in [2.75, 3.05) is 18.5 Å². The van der Waals surface area contributed by atoms with E-state index < -0.39 is 11.5 Å². The van der Waals surface area contributed by atoms with Crippen LogP contribution in [0.2, 0.25) is 0 Å². The fraction of sp³-hybridized carbons (Fsp3) is 0.160. The van der Waals surface area contributed by atoms with E-state index in [1.807, 2.05) is 37.3 Å². The maximum absolute atomic E-state index is 13.3. The van der Waals surface area contributed by atoms with E-state index in [-0.39, 0.29) is 5.56 Å². The van der Waals surface area contributed by atoms with Crippen molar-refractivity contribution < 1.29 is 14.3 Å². The Morgan fingerprint density at radius 3 is 2.62 bits per heavy atom. The number of nitrogens with zero attached hydrogens (tertiary/aromatic N) is 2. The summed E-state index contributed by atoms with van der Waals surface area (Å²) in [6.07, 6.45) is 1.64. The molecular formula is C25H21N3O4. The van der Waals surface area contributed by atoms with Crippen molar-refractivity contribution in [3.63, 3.8) is 0 Å². The number of rotatable bonds is 4. The molecule has 1 aliphatic rings. The molecule has 0 bridgehead atoms. The summed E-state index contributed by atoms with van der Waals surface area (Å²) >= 11 is 0. The Kier molecular flexibility index (Phi) is 5.07. The molecule has 4 aromatic rings. The monoisotopic (exact) mass is 427 g/mol. The molecular weight excluding hydrogens is 406 g/mol. The van der Waals surface area contributed by atoms with Gasteiger partial charge in [0.15, 0.2) is 11.5 Å². The van der Waals surface area contributed by atoms with Crippen molar-refractivity contribution in [1.29, 1.82) is 0 Å². The SMILES string of the molecule is Cc1ccc(Cn2c(=O)c(C(=O)Nc3ccc4c(c3)OCCO4)cc3cccnc32)cc1. The van der Waals surface area contributed by atoms with Crippen LogP contribution in [-0.2, 0) is 6.54 Å². The molecule has 0 fully saturated rings. The first-order valence-electron chi connectivity index (χ1n) is 10.3. The molecule has 1 amide bonds. The molecule has 2 aromatic carbocycles. The second-order valence-electron chi connectivity index (χ2n) is 7.66. The van der Waals surface area contributed by atoms with E-state index in [2.05, 4.69) is 10.3 Å². The Labute approximate surface area is 184 Å². The van der Waals surface area contributed by atoms with Crippen LogP contribution in [0.5, 0.6) is 11.5 Å². The van der Waals surface area contributed by atoms with E-state index in [0.29, 0.717) is 48.0 Å². The van der Waals surface area contributed by atoms with Gasteiger partial charge < -0.3 is 14.8 Å². The summed E-state index contributed by atoms with van der Waals surface area (Å²) in [6.45, 7) is 3.27. The molecule has 0 saturated carbocycles. The van der Waals surface area contributed by atoms with E-state index in [4.69, 9.17) is 9.47 Å². The molecule has 0 atom stereocenters. The molecule has 7 heteroatoms. The smallest absolute Gasteiger partial charge is 0.265 e. The fourth-order valence-electron chi connectivity index (χ4n) is 3.71. The molecule has 0 aliphatic carbocycles. The van der Waals surface area contributed by atoms with Gasteiger partial charge in [0.1, 0.15) is 24.4 Å². The first-order valence-corrected chi connectivity index (χ1v) is 10.3. The van der Waals surface area contributed by atoms with Crippen molar-refractivity contribution in [3.05, 3.63) is 93.9 Å². The summed E-state index contributed by atoms with van der Waals surface area (Å²) in [7, 11) is 0. The third-order valence-electron chi connectivity index (χ3n) is 5.35. The number of carbonyl (C=O) groups is 1. The van der Waals surface area contributed by atoms with Crippen LogP contribution >= 0.6 is 0 Å². The standard InChI is InChI=1S/C25H21N3O4/c1-16-4-6-17(7-5-16)15-28-23-18(3-2-10-26-23)13-20(25(28)30)24(29)27-19-8-9-21-22(14-19)32-12-11-31-21/h2-10,13-14H,11-12,15H2,1H3,(H,27,29). The van der Waals surface area contributed by atoms with Crippen molar-refractivity contribution in [1.82, 2.24) is 9.55 Å². The zero-order valence-corrected chi connectivity index (χ0v) is 17.5. The summed E-state index contributed by atoms with van der Waals surface area (Å²) in [5.41, 5.74) is 2.80. The van der Waals surface area contributed by atoms with Gasteiger partial charge in [-0.15, -0.1) is 0 Å². The third-order valence-corrected chi connectivity index (χ3v) is 5.35. The number of hydrogen-bond acceptors (Lipinski definition) is 5. The van der Waals surface area contributed by atoms with Crippen LogP contribution in [-0.4, -0.2) is 28.7 Å². The molecule has 0 unspecified atom stereocenters. The topological polar surface area (TPSA) is 82.5 Å². The van der Waals surface area contributed by atoms with Crippen LogP contribution in [0, 0.1) is 6.92 Å². The second-order valence-corrected chi connectivity index (χ2v) is 7.66. The van der Waals surface area contributed by atoms with Crippen molar-refractivity contribution in [2.24, 2.45) is 0 Å². The summed E-state index contributed by atoms with van der Waals surface area (Å²) < 4.78 is 12.6. The average molecular weight is 427 g/mol. The molecule has 32 heavy (non-hydrogen) atoms. The minimum Gasteiger partial charge on any atom is -0.486 e. The van der Waals surface area contributed by atoms with Gasteiger partial charge >= 0.3 is 0 Å². The lowest BCUT2D eigenvalue weighted by Crippen LogP contribution is -2.30. The van der Waals surface area contributed by atoms with Gasteiger partial charge in [-0.25, -0.2) is 4.98 Å². The number of hydrogen-bond donors (Lipinski definition) is 1. The summed E-state index contributed by atoms with van der Waals surface area (Å²) in [6, 6.07) is 18.3. The Hall–Kier alpha value is -4.13. The number of pyridine rings is 2. The van der Waals surface area contributed by atoms with Crippen LogP contribution in [0.15, 0.2) is 71.7 Å². The first-order chi connectivity index (χ1) is 15.6. The number of anilines is 1.